The van der Waals surface area contributed by atoms with E-state index in [0.717, 1.165) is 9.86 Å². The molecule has 0 spiro atoms. The van der Waals surface area contributed by atoms with Crippen molar-refractivity contribution in [2.45, 2.75) is 0 Å². The molecular formula is C15H9BrFNO2. The highest BCUT2D eigenvalue weighted by Gasteiger charge is 2.14. The minimum absolute atomic E-state index is 0.124. The zero-order valence-electron chi connectivity index (χ0n) is 10.2. The highest BCUT2D eigenvalue weighted by atomic mass is 79.9. The molecule has 100 valence electrons. The molecule has 2 aromatic carbocycles. The van der Waals surface area contributed by atoms with Gasteiger partial charge in [0.1, 0.15) is 11.4 Å². The van der Waals surface area contributed by atoms with Crippen LogP contribution >= 0.6 is 15.9 Å². The number of furan rings is 1. The van der Waals surface area contributed by atoms with Crippen molar-refractivity contribution in [2.75, 3.05) is 5.32 Å². The predicted octanol–water partition coefficient (Wildman–Crippen LogP) is 4.59. The summed E-state index contributed by atoms with van der Waals surface area (Å²) in [5.74, 6) is -0.830. The van der Waals surface area contributed by atoms with E-state index in [1.165, 1.54) is 12.1 Å². The molecule has 0 atom stereocenters. The third-order valence-corrected chi connectivity index (χ3v) is 3.32. The number of carbonyl (C=O) groups is 1. The molecule has 1 N–H and O–H groups in total. The Morgan fingerprint density at radius 1 is 1.15 bits per heavy atom. The molecule has 3 nitrogen and oxygen atoms in total. The molecule has 1 heterocycles. The Kier molecular flexibility index (Phi) is 3.28. The van der Waals surface area contributed by atoms with Crippen molar-refractivity contribution in [1.29, 1.82) is 0 Å². The SMILES string of the molecule is O=C(Nc1ccccc1F)c1cc2ccc(Br)cc2o1. The lowest BCUT2D eigenvalue weighted by Gasteiger charge is -2.03. The predicted molar refractivity (Wildman–Crippen MR) is 78.3 cm³/mol. The van der Waals surface area contributed by atoms with Gasteiger partial charge in [-0.15, -0.1) is 0 Å². The first-order valence-electron chi connectivity index (χ1n) is 5.88. The van der Waals surface area contributed by atoms with E-state index in [-0.39, 0.29) is 11.4 Å². The lowest BCUT2D eigenvalue weighted by atomic mass is 10.2. The Balaban J connectivity index is 1.91. The largest absolute Gasteiger partial charge is 0.451 e. The van der Waals surface area contributed by atoms with Gasteiger partial charge in [0.15, 0.2) is 5.76 Å². The fraction of sp³-hybridized carbons (Fsp3) is 0. The van der Waals surface area contributed by atoms with Crippen LogP contribution in [-0.4, -0.2) is 5.91 Å². The van der Waals surface area contributed by atoms with E-state index in [1.807, 2.05) is 12.1 Å². The molecule has 0 radical (unpaired) electrons. The molecule has 0 aliphatic rings. The van der Waals surface area contributed by atoms with Crippen LogP contribution in [0.2, 0.25) is 0 Å². The van der Waals surface area contributed by atoms with Gasteiger partial charge in [-0.2, -0.15) is 0 Å². The number of fused-ring (bicyclic) bond motifs is 1. The third-order valence-electron chi connectivity index (χ3n) is 2.83. The highest BCUT2D eigenvalue weighted by Crippen LogP contribution is 2.24. The number of halogens is 2. The van der Waals surface area contributed by atoms with E-state index < -0.39 is 11.7 Å². The van der Waals surface area contributed by atoms with E-state index in [2.05, 4.69) is 21.2 Å². The summed E-state index contributed by atoms with van der Waals surface area (Å²) in [5.41, 5.74) is 0.720. The average molecular weight is 334 g/mol. The second-order valence-electron chi connectivity index (χ2n) is 4.23. The average Bonchev–Trinajstić information content (AvgIpc) is 2.84. The molecule has 0 saturated heterocycles. The van der Waals surface area contributed by atoms with Crippen LogP contribution in [0.3, 0.4) is 0 Å². The lowest BCUT2D eigenvalue weighted by Crippen LogP contribution is -2.11. The molecule has 3 rings (SSSR count). The van der Waals surface area contributed by atoms with Gasteiger partial charge in [0.2, 0.25) is 0 Å². The summed E-state index contributed by atoms with van der Waals surface area (Å²) in [5, 5.41) is 3.29. The van der Waals surface area contributed by atoms with Crippen LogP contribution in [0.25, 0.3) is 11.0 Å². The first-order chi connectivity index (χ1) is 9.63. The van der Waals surface area contributed by atoms with Crippen molar-refractivity contribution in [3.63, 3.8) is 0 Å². The van der Waals surface area contributed by atoms with Crippen LogP contribution in [0, 0.1) is 5.82 Å². The maximum Gasteiger partial charge on any atom is 0.291 e. The van der Waals surface area contributed by atoms with E-state index >= 15 is 0 Å². The van der Waals surface area contributed by atoms with Crippen molar-refractivity contribution in [1.82, 2.24) is 0 Å². The van der Waals surface area contributed by atoms with Gasteiger partial charge in [0.05, 0.1) is 5.69 Å². The summed E-state index contributed by atoms with van der Waals surface area (Å²) in [4.78, 5) is 12.0. The smallest absolute Gasteiger partial charge is 0.291 e. The van der Waals surface area contributed by atoms with Crippen molar-refractivity contribution in [2.24, 2.45) is 0 Å². The standard InChI is InChI=1S/C15H9BrFNO2/c16-10-6-5-9-7-14(20-13(9)8-10)15(19)18-12-4-2-1-3-11(12)17/h1-8H,(H,18,19). The number of carbonyl (C=O) groups excluding carboxylic acids is 1. The lowest BCUT2D eigenvalue weighted by molar-refractivity contribution is 0.0998. The summed E-state index contributed by atoms with van der Waals surface area (Å²) in [6, 6.07) is 13.1. The molecule has 0 fully saturated rings. The first-order valence-corrected chi connectivity index (χ1v) is 6.68. The van der Waals surface area contributed by atoms with E-state index in [0.29, 0.717) is 5.58 Å². The topological polar surface area (TPSA) is 42.2 Å². The zero-order valence-corrected chi connectivity index (χ0v) is 11.8. The number of nitrogens with one attached hydrogen (secondary N) is 1. The number of hydrogen-bond acceptors (Lipinski definition) is 2. The van der Waals surface area contributed by atoms with Crippen LogP contribution in [0.4, 0.5) is 10.1 Å². The molecule has 0 aliphatic heterocycles. The van der Waals surface area contributed by atoms with Crippen molar-refractivity contribution < 1.29 is 13.6 Å². The molecule has 0 bridgehead atoms. The molecule has 1 amide bonds. The molecule has 3 aromatic rings. The molecular weight excluding hydrogens is 325 g/mol. The van der Waals surface area contributed by atoms with Gasteiger partial charge >= 0.3 is 0 Å². The fourth-order valence-corrected chi connectivity index (χ4v) is 2.20. The number of benzene rings is 2. The Labute approximate surface area is 122 Å². The third kappa shape index (κ3) is 2.44. The molecule has 1 aromatic heterocycles. The zero-order chi connectivity index (χ0) is 14.1. The second kappa shape index (κ2) is 5.09. The molecule has 0 saturated carbocycles. The fourth-order valence-electron chi connectivity index (χ4n) is 1.86. The van der Waals surface area contributed by atoms with Crippen LogP contribution in [-0.2, 0) is 0 Å². The number of anilines is 1. The van der Waals surface area contributed by atoms with Gasteiger partial charge < -0.3 is 9.73 Å². The monoisotopic (exact) mass is 333 g/mol. The van der Waals surface area contributed by atoms with Crippen molar-refractivity contribution in [3.05, 3.63) is 64.6 Å². The number of hydrogen-bond donors (Lipinski definition) is 1. The summed E-state index contributed by atoms with van der Waals surface area (Å²) < 4.78 is 19.8. The minimum atomic E-state index is -0.486. The summed E-state index contributed by atoms with van der Waals surface area (Å²) in [7, 11) is 0. The Morgan fingerprint density at radius 2 is 1.95 bits per heavy atom. The van der Waals surface area contributed by atoms with E-state index in [4.69, 9.17) is 4.42 Å². The maximum absolute atomic E-state index is 13.5. The van der Waals surface area contributed by atoms with Gasteiger partial charge in [-0.25, -0.2) is 4.39 Å². The van der Waals surface area contributed by atoms with Crippen LogP contribution < -0.4 is 5.32 Å². The van der Waals surface area contributed by atoms with Crippen LogP contribution in [0.1, 0.15) is 10.6 Å². The quantitative estimate of drug-likeness (QED) is 0.745. The van der Waals surface area contributed by atoms with Crippen LogP contribution in [0.15, 0.2) is 57.4 Å². The minimum Gasteiger partial charge on any atom is -0.451 e. The van der Waals surface area contributed by atoms with E-state index in [1.54, 1.807) is 24.3 Å². The summed E-state index contributed by atoms with van der Waals surface area (Å²) >= 11 is 3.33. The highest BCUT2D eigenvalue weighted by molar-refractivity contribution is 9.10. The van der Waals surface area contributed by atoms with Gasteiger partial charge in [-0.1, -0.05) is 28.1 Å². The maximum atomic E-state index is 13.5. The van der Waals surface area contributed by atoms with Crippen LogP contribution in [0.5, 0.6) is 0 Å². The van der Waals surface area contributed by atoms with Gasteiger partial charge in [0, 0.05) is 9.86 Å². The first kappa shape index (κ1) is 12.9. The molecule has 20 heavy (non-hydrogen) atoms. The van der Waals surface area contributed by atoms with Crippen molar-refractivity contribution >= 4 is 38.5 Å². The van der Waals surface area contributed by atoms with Gasteiger partial charge in [0.25, 0.3) is 5.91 Å². The Morgan fingerprint density at radius 3 is 2.75 bits per heavy atom. The summed E-state index contributed by atoms with van der Waals surface area (Å²) in [6.45, 7) is 0. The summed E-state index contributed by atoms with van der Waals surface area (Å²) in [6.07, 6.45) is 0. The molecule has 5 heteroatoms. The Bertz CT molecular complexity index is 797. The van der Waals surface area contributed by atoms with E-state index in [9.17, 15) is 9.18 Å². The van der Waals surface area contributed by atoms with Gasteiger partial charge in [-0.05, 0) is 36.4 Å². The van der Waals surface area contributed by atoms with Crippen molar-refractivity contribution in [3.8, 4) is 0 Å². The number of para-hydroxylation sites is 1. The molecule has 0 aliphatic carbocycles. The Hall–Kier alpha value is -2.14. The number of rotatable bonds is 2. The molecule has 0 unspecified atom stereocenters. The number of amides is 1. The second-order valence-corrected chi connectivity index (χ2v) is 5.14. The van der Waals surface area contributed by atoms with Gasteiger partial charge in [-0.3, -0.25) is 4.79 Å². The normalized spacial score (nSPS) is 10.7.